The average molecular weight is 502 g/mol. The third kappa shape index (κ3) is 5.13. The topological polar surface area (TPSA) is 85.1 Å². The lowest BCUT2D eigenvalue weighted by Crippen LogP contribution is -2.15. The number of benzene rings is 2. The van der Waals surface area contributed by atoms with Crippen LogP contribution in [0.25, 0.3) is 28.2 Å². The number of rotatable bonds is 5. The van der Waals surface area contributed by atoms with Gasteiger partial charge in [0.05, 0.1) is 16.2 Å². The molecule has 2 heterocycles. The monoisotopic (exact) mass is 501 g/mol. The predicted molar refractivity (Wildman–Crippen MR) is 126 cm³/mol. The number of aromatic nitrogens is 3. The molecule has 4 aromatic rings. The molecule has 0 radical (unpaired) electrons. The summed E-state index contributed by atoms with van der Waals surface area (Å²) in [4.78, 5) is 8.37. The van der Waals surface area contributed by atoms with Crippen LogP contribution in [0, 0.1) is 0 Å². The highest BCUT2D eigenvalue weighted by Crippen LogP contribution is 2.38. The van der Waals surface area contributed by atoms with Crippen LogP contribution in [0.3, 0.4) is 0 Å². The Labute approximate surface area is 200 Å². The molecule has 0 unspecified atom stereocenters. The molecule has 35 heavy (non-hydrogen) atoms. The summed E-state index contributed by atoms with van der Waals surface area (Å²) in [5.41, 5.74) is -0.420. The zero-order chi connectivity index (χ0) is 25.6. The molecular weight excluding hydrogens is 479 g/mol. The summed E-state index contributed by atoms with van der Waals surface area (Å²) in [6.07, 6.45) is 0.153. The maximum absolute atomic E-state index is 13.7. The van der Waals surface area contributed by atoms with Crippen LogP contribution in [0.5, 0.6) is 0 Å². The van der Waals surface area contributed by atoms with E-state index in [-0.39, 0.29) is 22.0 Å². The van der Waals surface area contributed by atoms with Crippen molar-refractivity contribution in [2.45, 2.75) is 30.5 Å². The van der Waals surface area contributed by atoms with Crippen LogP contribution in [-0.4, -0.2) is 34.3 Å². The molecule has 182 valence electrons. The Hall–Kier alpha value is -3.50. The van der Waals surface area contributed by atoms with Gasteiger partial charge in [0.1, 0.15) is 11.4 Å². The number of pyridine rings is 1. The van der Waals surface area contributed by atoms with E-state index in [1.165, 1.54) is 30.7 Å². The lowest BCUT2D eigenvalue weighted by atomic mass is 10.1. The minimum atomic E-state index is -4.63. The van der Waals surface area contributed by atoms with Crippen LogP contribution in [0.1, 0.15) is 25.1 Å². The quantitative estimate of drug-likeness (QED) is 0.404. The van der Waals surface area contributed by atoms with Crippen molar-refractivity contribution in [3.05, 3.63) is 84.4 Å². The summed E-state index contributed by atoms with van der Waals surface area (Å²) in [6.45, 7) is 2.99. The van der Waals surface area contributed by atoms with Gasteiger partial charge in [-0.15, -0.1) is 0 Å². The van der Waals surface area contributed by atoms with E-state index in [0.29, 0.717) is 11.3 Å². The minimum absolute atomic E-state index is 0.0191. The smallest absolute Gasteiger partial charge is 0.384 e. The number of nitrogens with zero attached hydrogens (tertiary/aromatic N) is 3. The molecule has 0 aliphatic carbocycles. The number of imidazole rings is 1. The Morgan fingerprint density at radius 3 is 2.26 bits per heavy atom. The number of alkyl halides is 3. The molecule has 0 aliphatic heterocycles. The second-order valence-electron chi connectivity index (χ2n) is 8.64. The van der Waals surface area contributed by atoms with E-state index in [1.54, 1.807) is 42.5 Å². The lowest BCUT2D eigenvalue weighted by Gasteiger charge is -2.14. The first-order chi connectivity index (χ1) is 16.2. The van der Waals surface area contributed by atoms with Crippen molar-refractivity contribution in [3.63, 3.8) is 0 Å². The molecule has 0 fully saturated rings. The molecule has 0 saturated carbocycles. The third-order valence-corrected chi connectivity index (χ3v) is 6.55. The SMILES string of the molecule is CC(C)(O)c1cn(-c2ccc(-c3cccc(S(C)(=O)=O)c3)cc2)c(-c2cnccc2C(F)(F)F)n1. The molecule has 0 amide bonds. The van der Waals surface area contributed by atoms with Crippen LogP contribution in [0.4, 0.5) is 13.2 Å². The molecule has 0 saturated heterocycles. The van der Waals surface area contributed by atoms with Gasteiger partial charge in [0.15, 0.2) is 9.84 Å². The van der Waals surface area contributed by atoms with Gasteiger partial charge < -0.3 is 5.11 Å². The van der Waals surface area contributed by atoms with Gasteiger partial charge in [-0.1, -0.05) is 24.3 Å². The van der Waals surface area contributed by atoms with Crippen molar-refractivity contribution in [3.8, 4) is 28.2 Å². The number of halogens is 3. The second-order valence-corrected chi connectivity index (χ2v) is 10.7. The van der Waals surface area contributed by atoms with E-state index >= 15 is 0 Å². The first-order valence-corrected chi connectivity index (χ1v) is 12.4. The minimum Gasteiger partial charge on any atom is -0.384 e. The van der Waals surface area contributed by atoms with E-state index in [0.717, 1.165) is 30.3 Å². The Balaban J connectivity index is 1.84. The molecule has 1 N–H and O–H groups in total. The summed E-state index contributed by atoms with van der Waals surface area (Å²) in [7, 11) is -3.38. The fraction of sp³-hybridized carbons (Fsp3) is 0.200. The molecule has 4 rings (SSSR count). The van der Waals surface area contributed by atoms with E-state index in [4.69, 9.17) is 0 Å². The third-order valence-electron chi connectivity index (χ3n) is 5.44. The summed E-state index contributed by atoms with van der Waals surface area (Å²) in [5.74, 6) is -0.0191. The molecule has 0 spiro atoms. The first-order valence-electron chi connectivity index (χ1n) is 10.5. The standard InChI is InChI=1S/C25H22F3N3O3S/c1-24(2,32)22-15-31(23(30-22)20-14-29-12-11-21(20)25(26,27)28)18-9-7-16(8-10-18)17-5-4-6-19(13-17)35(3,33)34/h4-15,32H,1-3H3. The Bertz CT molecular complexity index is 1490. The van der Waals surface area contributed by atoms with Crippen molar-refractivity contribution in [2.24, 2.45) is 0 Å². The fourth-order valence-electron chi connectivity index (χ4n) is 3.60. The number of hydrogen-bond acceptors (Lipinski definition) is 5. The Morgan fingerprint density at radius 1 is 0.971 bits per heavy atom. The number of sulfone groups is 1. The van der Waals surface area contributed by atoms with Crippen LogP contribution < -0.4 is 0 Å². The van der Waals surface area contributed by atoms with Crippen molar-refractivity contribution in [1.29, 1.82) is 0 Å². The molecule has 0 bridgehead atoms. The number of hydrogen-bond donors (Lipinski definition) is 1. The van der Waals surface area contributed by atoms with E-state index in [1.807, 2.05) is 0 Å². The summed E-state index contributed by atoms with van der Waals surface area (Å²) in [6, 6.07) is 14.2. The zero-order valence-corrected chi connectivity index (χ0v) is 19.9. The summed E-state index contributed by atoms with van der Waals surface area (Å²) < 4.78 is 66.4. The first kappa shape index (κ1) is 24.6. The predicted octanol–water partition coefficient (Wildman–Crippen LogP) is 5.25. The van der Waals surface area contributed by atoms with Gasteiger partial charge in [0.2, 0.25) is 0 Å². The lowest BCUT2D eigenvalue weighted by molar-refractivity contribution is -0.137. The van der Waals surface area contributed by atoms with Gasteiger partial charge in [0.25, 0.3) is 0 Å². The van der Waals surface area contributed by atoms with Crippen LogP contribution in [0.15, 0.2) is 78.1 Å². The van der Waals surface area contributed by atoms with Crippen LogP contribution in [0.2, 0.25) is 0 Å². The van der Waals surface area contributed by atoms with Gasteiger partial charge in [0, 0.05) is 36.1 Å². The van der Waals surface area contributed by atoms with E-state index < -0.39 is 27.2 Å². The van der Waals surface area contributed by atoms with Gasteiger partial charge >= 0.3 is 6.18 Å². The van der Waals surface area contributed by atoms with Crippen LogP contribution >= 0.6 is 0 Å². The van der Waals surface area contributed by atoms with Crippen molar-refractivity contribution >= 4 is 9.84 Å². The molecule has 10 heteroatoms. The highest BCUT2D eigenvalue weighted by atomic mass is 32.2. The second kappa shape index (κ2) is 8.62. The van der Waals surface area contributed by atoms with Gasteiger partial charge in [-0.05, 0) is 55.3 Å². The summed E-state index contributed by atoms with van der Waals surface area (Å²) >= 11 is 0. The van der Waals surface area contributed by atoms with Crippen LogP contribution in [-0.2, 0) is 21.6 Å². The van der Waals surface area contributed by atoms with Crippen molar-refractivity contribution < 1.29 is 26.7 Å². The molecule has 6 nitrogen and oxygen atoms in total. The van der Waals surface area contributed by atoms with Crippen molar-refractivity contribution in [2.75, 3.05) is 6.26 Å². The normalized spacial score (nSPS) is 12.7. The molecule has 0 atom stereocenters. The fourth-order valence-corrected chi connectivity index (χ4v) is 4.27. The molecule has 2 aromatic heterocycles. The van der Waals surface area contributed by atoms with Gasteiger partial charge in [-0.3, -0.25) is 9.55 Å². The Morgan fingerprint density at radius 2 is 1.66 bits per heavy atom. The van der Waals surface area contributed by atoms with E-state index in [2.05, 4.69) is 9.97 Å². The van der Waals surface area contributed by atoms with Crippen molar-refractivity contribution in [1.82, 2.24) is 14.5 Å². The molecule has 2 aromatic carbocycles. The van der Waals surface area contributed by atoms with Gasteiger partial charge in [-0.2, -0.15) is 13.2 Å². The summed E-state index contributed by atoms with van der Waals surface area (Å²) in [5, 5.41) is 10.5. The van der Waals surface area contributed by atoms with E-state index in [9.17, 15) is 26.7 Å². The largest absolute Gasteiger partial charge is 0.417 e. The molecule has 0 aliphatic rings. The average Bonchev–Trinajstić information content (AvgIpc) is 3.24. The zero-order valence-electron chi connectivity index (χ0n) is 19.1. The van der Waals surface area contributed by atoms with Gasteiger partial charge in [-0.25, -0.2) is 13.4 Å². The Kier molecular flexibility index (Phi) is 6.06. The highest BCUT2D eigenvalue weighted by molar-refractivity contribution is 7.90. The number of aliphatic hydroxyl groups is 1. The highest BCUT2D eigenvalue weighted by Gasteiger charge is 2.35. The maximum atomic E-state index is 13.7. The molecular formula is C25H22F3N3O3S. The maximum Gasteiger partial charge on any atom is 0.417 e.